The first-order valence-corrected chi connectivity index (χ1v) is 11.0. The van der Waals surface area contributed by atoms with E-state index in [2.05, 4.69) is 15.6 Å². The maximum absolute atomic E-state index is 13.5. The molecule has 1 aromatic heterocycles. The highest BCUT2D eigenvalue weighted by Crippen LogP contribution is 2.38. The molecule has 5 nitrogen and oxygen atoms in total. The molecule has 154 valence electrons. The molecule has 2 aromatic carbocycles. The Bertz CT molecular complexity index is 1090. The fourth-order valence-electron chi connectivity index (χ4n) is 2.68. The first-order chi connectivity index (χ1) is 14.5. The van der Waals surface area contributed by atoms with Crippen molar-refractivity contribution in [3.05, 3.63) is 65.7 Å². The second kappa shape index (κ2) is 8.93. The van der Waals surface area contributed by atoms with Crippen LogP contribution in [0.4, 0.5) is 13.8 Å². The summed E-state index contributed by atoms with van der Waals surface area (Å²) in [7, 11) is 0. The second-order valence-corrected chi connectivity index (χ2v) is 8.96. The van der Waals surface area contributed by atoms with E-state index in [9.17, 15) is 18.4 Å². The molecule has 1 fully saturated rings. The number of thiazole rings is 1. The van der Waals surface area contributed by atoms with Crippen molar-refractivity contribution in [2.45, 2.75) is 23.2 Å². The van der Waals surface area contributed by atoms with Crippen LogP contribution in [0.2, 0.25) is 0 Å². The van der Waals surface area contributed by atoms with E-state index < -0.39 is 17.5 Å². The molecule has 0 aliphatic heterocycles. The first-order valence-electron chi connectivity index (χ1n) is 9.24. The number of rotatable bonds is 7. The largest absolute Gasteiger partial charge is 0.353 e. The molecule has 0 saturated heterocycles. The summed E-state index contributed by atoms with van der Waals surface area (Å²) in [6, 6.07) is 12.6. The van der Waals surface area contributed by atoms with Gasteiger partial charge >= 0.3 is 0 Å². The maximum atomic E-state index is 13.5. The molecule has 0 atom stereocenters. The summed E-state index contributed by atoms with van der Waals surface area (Å²) in [5.41, 5.74) is 1.35. The molecule has 1 saturated carbocycles. The van der Waals surface area contributed by atoms with E-state index in [-0.39, 0.29) is 17.2 Å². The minimum atomic E-state index is -1.09. The number of hydrogen-bond acceptors (Lipinski definition) is 5. The lowest BCUT2D eigenvalue weighted by Crippen LogP contribution is -2.26. The molecule has 0 radical (unpaired) electrons. The number of anilines is 1. The monoisotopic (exact) mass is 445 g/mol. The Balaban J connectivity index is 1.55. The van der Waals surface area contributed by atoms with Gasteiger partial charge in [-0.2, -0.15) is 0 Å². The van der Waals surface area contributed by atoms with Crippen molar-refractivity contribution >= 4 is 39.9 Å². The molecule has 9 heteroatoms. The highest BCUT2D eigenvalue weighted by atomic mass is 32.2. The molecule has 1 aliphatic carbocycles. The molecule has 1 heterocycles. The van der Waals surface area contributed by atoms with Crippen LogP contribution in [0.5, 0.6) is 0 Å². The lowest BCUT2D eigenvalue weighted by atomic mass is 10.1. The van der Waals surface area contributed by atoms with E-state index in [0.29, 0.717) is 21.1 Å². The van der Waals surface area contributed by atoms with Crippen molar-refractivity contribution in [2.24, 2.45) is 0 Å². The molecule has 0 bridgehead atoms. The predicted molar refractivity (Wildman–Crippen MR) is 114 cm³/mol. The quantitative estimate of drug-likeness (QED) is 0.517. The van der Waals surface area contributed by atoms with Crippen LogP contribution >= 0.6 is 23.1 Å². The number of carbonyl (C=O) groups is 2. The Kier molecular flexibility index (Phi) is 6.10. The average Bonchev–Trinajstić information content (AvgIpc) is 3.46. The Morgan fingerprint density at radius 3 is 2.57 bits per heavy atom. The van der Waals surface area contributed by atoms with Gasteiger partial charge in [0.2, 0.25) is 5.91 Å². The number of hydrogen-bond donors (Lipinski definition) is 2. The summed E-state index contributed by atoms with van der Waals surface area (Å²) in [6.07, 6.45) is 2.04. The summed E-state index contributed by atoms with van der Waals surface area (Å²) in [4.78, 5) is 29.1. The van der Waals surface area contributed by atoms with Gasteiger partial charge in [0.15, 0.2) is 16.0 Å². The van der Waals surface area contributed by atoms with Crippen LogP contribution < -0.4 is 10.6 Å². The van der Waals surface area contributed by atoms with Gasteiger partial charge in [-0.15, -0.1) is 0 Å². The van der Waals surface area contributed by atoms with E-state index in [0.717, 1.165) is 30.5 Å². The fraction of sp³-hybridized carbons (Fsp3) is 0.190. The average molecular weight is 446 g/mol. The Morgan fingerprint density at radius 1 is 1.10 bits per heavy atom. The number of carbonyl (C=O) groups excluding carboxylic acids is 2. The highest BCUT2D eigenvalue weighted by molar-refractivity contribution is 8.01. The van der Waals surface area contributed by atoms with Crippen molar-refractivity contribution in [1.29, 1.82) is 0 Å². The molecule has 4 rings (SSSR count). The number of aromatic nitrogens is 1. The Morgan fingerprint density at radius 2 is 1.87 bits per heavy atom. The normalized spacial score (nSPS) is 13.1. The first kappa shape index (κ1) is 20.5. The predicted octanol–water partition coefficient (Wildman–Crippen LogP) is 4.71. The van der Waals surface area contributed by atoms with Crippen LogP contribution in [0.25, 0.3) is 11.3 Å². The van der Waals surface area contributed by atoms with Crippen LogP contribution in [0.15, 0.2) is 52.9 Å². The topological polar surface area (TPSA) is 71.1 Å². The molecular weight excluding hydrogens is 428 g/mol. The Hall–Kier alpha value is -2.78. The van der Waals surface area contributed by atoms with Gasteiger partial charge in [-0.1, -0.05) is 53.4 Å². The third-order valence-electron chi connectivity index (χ3n) is 4.33. The number of benzene rings is 2. The van der Waals surface area contributed by atoms with Crippen molar-refractivity contribution in [2.75, 3.05) is 11.1 Å². The zero-order valence-corrected chi connectivity index (χ0v) is 17.3. The van der Waals surface area contributed by atoms with Crippen LogP contribution in [-0.4, -0.2) is 28.6 Å². The van der Waals surface area contributed by atoms with Gasteiger partial charge in [-0.05, 0) is 31.0 Å². The number of halogens is 2. The van der Waals surface area contributed by atoms with Crippen molar-refractivity contribution in [3.8, 4) is 11.3 Å². The summed E-state index contributed by atoms with van der Waals surface area (Å²) in [5, 5.41) is 6.13. The van der Waals surface area contributed by atoms with Gasteiger partial charge in [0.1, 0.15) is 10.7 Å². The number of amides is 2. The molecule has 0 unspecified atom stereocenters. The fourth-order valence-corrected chi connectivity index (χ4v) is 4.55. The van der Waals surface area contributed by atoms with Crippen molar-refractivity contribution in [3.63, 3.8) is 0 Å². The highest BCUT2D eigenvalue weighted by Gasteiger charge is 2.24. The smallest absolute Gasteiger partial charge is 0.256 e. The number of nitrogens with one attached hydrogen (secondary N) is 2. The summed E-state index contributed by atoms with van der Waals surface area (Å²) >= 11 is 2.52. The van der Waals surface area contributed by atoms with E-state index in [1.807, 2.05) is 30.3 Å². The molecule has 3 aromatic rings. The molecular formula is C21H17F2N3O2S2. The summed E-state index contributed by atoms with van der Waals surface area (Å²) < 4.78 is 27.3. The molecule has 0 spiro atoms. The molecule has 2 N–H and O–H groups in total. The van der Waals surface area contributed by atoms with Crippen LogP contribution in [0.1, 0.15) is 23.2 Å². The molecule has 2 amide bonds. The minimum Gasteiger partial charge on any atom is -0.353 e. The molecule has 1 aliphatic rings. The van der Waals surface area contributed by atoms with E-state index in [4.69, 9.17) is 0 Å². The van der Waals surface area contributed by atoms with Gasteiger partial charge < -0.3 is 10.6 Å². The SMILES string of the molecule is O=C(CSc1nc(-c2ccccc2)c(NC(=O)c2ccc(F)c(F)c2)s1)NC1CC1. The zero-order chi connectivity index (χ0) is 21.1. The van der Waals surface area contributed by atoms with E-state index in [1.54, 1.807) is 0 Å². The number of thioether (sulfide) groups is 1. The third-order valence-corrected chi connectivity index (χ3v) is 6.45. The molecule has 30 heavy (non-hydrogen) atoms. The summed E-state index contributed by atoms with van der Waals surface area (Å²) in [6.45, 7) is 0. The minimum absolute atomic E-state index is 0.000624. The lowest BCUT2D eigenvalue weighted by molar-refractivity contribution is -0.118. The van der Waals surface area contributed by atoms with Gasteiger partial charge in [0, 0.05) is 17.2 Å². The number of nitrogens with zero attached hydrogens (tertiary/aromatic N) is 1. The maximum Gasteiger partial charge on any atom is 0.256 e. The van der Waals surface area contributed by atoms with Crippen molar-refractivity contribution in [1.82, 2.24) is 10.3 Å². The standard InChI is InChI=1S/C21H17F2N3O2S2/c22-15-9-6-13(10-16(15)23)19(28)26-20-18(12-4-2-1-3-5-12)25-21(30-20)29-11-17(27)24-14-7-8-14/h1-6,9-10,14H,7-8,11H2,(H,24,27)(H,26,28). The lowest BCUT2D eigenvalue weighted by Gasteiger charge is -2.06. The second-order valence-electron chi connectivity index (χ2n) is 6.74. The Labute approximate surface area is 179 Å². The van der Waals surface area contributed by atoms with Gasteiger partial charge in [0.25, 0.3) is 5.91 Å². The zero-order valence-electron chi connectivity index (χ0n) is 15.7. The van der Waals surface area contributed by atoms with Crippen molar-refractivity contribution < 1.29 is 18.4 Å². The third kappa shape index (κ3) is 5.03. The van der Waals surface area contributed by atoms with E-state index >= 15 is 0 Å². The van der Waals surface area contributed by atoms with Gasteiger partial charge in [-0.3, -0.25) is 9.59 Å². The summed E-state index contributed by atoms with van der Waals surface area (Å²) in [5.74, 6) is -2.50. The van der Waals surface area contributed by atoms with Gasteiger partial charge in [0.05, 0.1) is 5.75 Å². The van der Waals surface area contributed by atoms with Gasteiger partial charge in [-0.25, -0.2) is 13.8 Å². The van der Waals surface area contributed by atoms with E-state index in [1.165, 1.54) is 29.2 Å². The van der Waals surface area contributed by atoms with Crippen LogP contribution in [0.3, 0.4) is 0 Å². The van der Waals surface area contributed by atoms with Crippen LogP contribution in [0, 0.1) is 11.6 Å². The van der Waals surface area contributed by atoms with Crippen LogP contribution in [-0.2, 0) is 4.79 Å².